The Morgan fingerprint density at radius 2 is 1.70 bits per heavy atom. The van der Waals surface area contributed by atoms with E-state index in [-0.39, 0.29) is 16.6 Å². The fraction of sp³-hybridized carbons (Fsp3) is 0.350. The Kier molecular flexibility index (Phi) is 6.28. The number of ether oxygens (including phenoxy) is 1. The van der Waals surface area contributed by atoms with Crippen molar-refractivity contribution in [1.82, 2.24) is 4.72 Å². The highest BCUT2D eigenvalue weighted by Crippen LogP contribution is 2.25. The van der Waals surface area contributed by atoms with Crippen LogP contribution in [0.25, 0.3) is 0 Å². The normalized spacial score (nSPS) is 12.1. The molecule has 2 aromatic rings. The molecule has 0 atom stereocenters. The Balaban J connectivity index is 2.27. The summed E-state index contributed by atoms with van der Waals surface area (Å²) in [6, 6.07) is 13.0. The fourth-order valence-corrected chi connectivity index (χ4v) is 3.85. The topological polar surface area (TPSA) is 84.5 Å². The van der Waals surface area contributed by atoms with Crippen LogP contribution in [0.15, 0.2) is 53.4 Å². The third kappa shape index (κ3) is 6.08. The van der Waals surface area contributed by atoms with Gasteiger partial charge in [0.05, 0.1) is 16.7 Å². The van der Waals surface area contributed by atoms with Gasteiger partial charge in [-0.25, -0.2) is 13.1 Å². The molecule has 27 heavy (non-hydrogen) atoms. The van der Waals surface area contributed by atoms with Crippen LogP contribution in [0.2, 0.25) is 0 Å². The van der Waals surface area contributed by atoms with Crippen LogP contribution in [-0.4, -0.2) is 26.0 Å². The Bertz CT molecular complexity index is 916. The predicted molar refractivity (Wildman–Crippen MR) is 107 cm³/mol. The molecule has 0 spiro atoms. The van der Waals surface area contributed by atoms with E-state index in [9.17, 15) is 13.2 Å². The van der Waals surface area contributed by atoms with Gasteiger partial charge in [0.15, 0.2) is 0 Å². The predicted octanol–water partition coefficient (Wildman–Crippen LogP) is 3.80. The first-order valence-corrected chi connectivity index (χ1v) is 10.2. The Hall–Kier alpha value is -2.38. The first-order chi connectivity index (χ1) is 12.5. The van der Waals surface area contributed by atoms with E-state index >= 15 is 0 Å². The number of rotatable bonds is 6. The number of para-hydroxylation sites is 2. The van der Waals surface area contributed by atoms with Crippen LogP contribution in [0.4, 0.5) is 5.69 Å². The number of carbonyl (C=O) groups excluding carboxylic acids is 1. The minimum absolute atomic E-state index is 0.0387. The lowest BCUT2D eigenvalue weighted by molar-refractivity contribution is 0.102. The molecule has 0 saturated heterocycles. The molecule has 2 N–H and O–H groups in total. The van der Waals surface area contributed by atoms with Gasteiger partial charge in [-0.2, -0.15) is 0 Å². The van der Waals surface area contributed by atoms with Crippen LogP contribution in [0.5, 0.6) is 5.75 Å². The van der Waals surface area contributed by atoms with Crippen molar-refractivity contribution in [3.05, 3.63) is 54.1 Å². The largest absolute Gasteiger partial charge is 0.489 e. The van der Waals surface area contributed by atoms with E-state index < -0.39 is 21.5 Å². The summed E-state index contributed by atoms with van der Waals surface area (Å²) in [5.74, 6) is 0.140. The monoisotopic (exact) mass is 390 g/mol. The highest BCUT2D eigenvalue weighted by Gasteiger charge is 2.23. The molecule has 0 aromatic heterocycles. The first-order valence-electron chi connectivity index (χ1n) is 8.69. The SMILES string of the molecule is CC(C)Oc1ccccc1NC(=O)c1cccc(S(=O)(=O)NC(C)(C)C)c1. The van der Waals surface area contributed by atoms with Gasteiger partial charge in [0.2, 0.25) is 10.0 Å². The average molecular weight is 391 g/mol. The van der Waals surface area contributed by atoms with Crippen LogP contribution in [0, 0.1) is 0 Å². The zero-order chi connectivity index (χ0) is 20.2. The standard InChI is InChI=1S/C20H26N2O4S/c1-14(2)26-18-12-7-6-11-17(18)21-19(23)15-9-8-10-16(13-15)27(24,25)22-20(3,4)5/h6-14,22H,1-5H3,(H,21,23). The van der Waals surface area contributed by atoms with Crippen LogP contribution in [0.1, 0.15) is 45.0 Å². The Morgan fingerprint density at radius 1 is 1.04 bits per heavy atom. The van der Waals surface area contributed by atoms with Gasteiger partial charge in [-0.05, 0) is 65.0 Å². The van der Waals surface area contributed by atoms with Crippen LogP contribution in [-0.2, 0) is 10.0 Å². The highest BCUT2D eigenvalue weighted by atomic mass is 32.2. The molecule has 0 saturated carbocycles. The first kappa shape index (κ1) is 20.9. The molecule has 2 rings (SSSR count). The number of benzene rings is 2. The van der Waals surface area contributed by atoms with E-state index in [4.69, 9.17) is 4.74 Å². The minimum Gasteiger partial charge on any atom is -0.489 e. The molecule has 0 unspecified atom stereocenters. The molecule has 0 bridgehead atoms. The van der Waals surface area contributed by atoms with E-state index in [1.807, 2.05) is 19.9 Å². The summed E-state index contributed by atoms with van der Waals surface area (Å²) in [5.41, 5.74) is 0.146. The lowest BCUT2D eigenvalue weighted by Gasteiger charge is -2.20. The number of hydrogen-bond donors (Lipinski definition) is 2. The Morgan fingerprint density at radius 3 is 2.33 bits per heavy atom. The van der Waals surface area contributed by atoms with Gasteiger partial charge in [-0.1, -0.05) is 18.2 Å². The summed E-state index contributed by atoms with van der Waals surface area (Å²) in [5, 5.41) is 2.78. The summed E-state index contributed by atoms with van der Waals surface area (Å²) in [6.07, 6.45) is -0.0417. The number of carbonyl (C=O) groups is 1. The van der Waals surface area contributed by atoms with Crippen molar-refractivity contribution in [2.75, 3.05) is 5.32 Å². The molecule has 146 valence electrons. The van der Waals surface area contributed by atoms with Gasteiger partial charge >= 0.3 is 0 Å². The summed E-state index contributed by atoms with van der Waals surface area (Å²) in [4.78, 5) is 12.7. The van der Waals surface area contributed by atoms with Crippen molar-refractivity contribution in [2.24, 2.45) is 0 Å². The second-order valence-corrected chi connectivity index (χ2v) is 9.18. The van der Waals surface area contributed by atoms with Crippen molar-refractivity contribution in [1.29, 1.82) is 0 Å². The van der Waals surface area contributed by atoms with Gasteiger partial charge in [-0.3, -0.25) is 4.79 Å². The van der Waals surface area contributed by atoms with Crippen LogP contribution < -0.4 is 14.8 Å². The molecule has 0 heterocycles. The molecular weight excluding hydrogens is 364 g/mol. The number of hydrogen-bond acceptors (Lipinski definition) is 4. The molecule has 0 fully saturated rings. The maximum absolute atomic E-state index is 12.6. The van der Waals surface area contributed by atoms with Crippen LogP contribution >= 0.6 is 0 Å². The second-order valence-electron chi connectivity index (χ2n) is 7.50. The zero-order valence-corrected chi connectivity index (χ0v) is 17.1. The van der Waals surface area contributed by atoms with Crippen molar-refractivity contribution in [3.63, 3.8) is 0 Å². The van der Waals surface area contributed by atoms with E-state index in [0.717, 1.165) is 0 Å². The van der Waals surface area contributed by atoms with Gasteiger partial charge in [0.25, 0.3) is 5.91 Å². The summed E-state index contributed by atoms with van der Waals surface area (Å²) < 4.78 is 33.3. The third-order valence-corrected chi connectivity index (χ3v) is 5.10. The molecule has 0 aliphatic rings. The summed E-state index contributed by atoms with van der Waals surface area (Å²) in [7, 11) is -3.73. The van der Waals surface area contributed by atoms with Crippen molar-refractivity contribution in [2.45, 2.75) is 51.2 Å². The van der Waals surface area contributed by atoms with Gasteiger partial charge in [0.1, 0.15) is 5.75 Å². The lowest BCUT2D eigenvalue weighted by Crippen LogP contribution is -2.40. The molecule has 0 radical (unpaired) electrons. The third-order valence-electron chi connectivity index (χ3n) is 3.35. The van der Waals surface area contributed by atoms with Crippen LogP contribution in [0.3, 0.4) is 0 Å². The van der Waals surface area contributed by atoms with Gasteiger partial charge in [0, 0.05) is 11.1 Å². The van der Waals surface area contributed by atoms with Gasteiger partial charge in [-0.15, -0.1) is 0 Å². The van der Waals surface area contributed by atoms with E-state index in [0.29, 0.717) is 11.4 Å². The molecule has 7 heteroatoms. The van der Waals surface area contributed by atoms with Crippen molar-refractivity contribution >= 4 is 21.6 Å². The molecule has 2 aromatic carbocycles. The molecule has 1 amide bonds. The minimum atomic E-state index is -3.73. The highest BCUT2D eigenvalue weighted by molar-refractivity contribution is 7.89. The molecule has 0 aliphatic carbocycles. The van der Waals surface area contributed by atoms with E-state index in [2.05, 4.69) is 10.0 Å². The number of sulfonamides is 1. The molecule has 0 aliphatic heterocycles. The average Bonchev–Trinajstić information content (AvgIpc) is 2.54. The fourth-order valence-electron chi connectivity index (χ4n) is 2.39. The van der Waals surface area contributed by atoms with E-state index in [1.54, 1.807) is 51.1 Å². The number of nitrogens with one attached hydrogen (secondary N) is 2. The zero-order valence-electron chi connectivity index (χ0n) is 16.2. The maximum atomic E-state index is 12.6. The second kappa shape index (κ2) is 8.10. The lowest BCUT2D eigenvalue weighted by atomic mass is 10.1. The molecule has 6 nitrogen and oxygen atoms in total. The van der Waals surface area contributed by atoms with Crippen molar-refractivity contribution in [3.8, 4) is 5.75 Å². The van der Waals surface area contributed by atoms with E-state index in [1.165, 1.54) is 12.1 Å². The number of amides is 1. The van der Waals surface area contributed by atoms with Crippen molar-refractivity contribution < 1.29 is 17.9 Å². The summed E-state index contributed by atoms with van der Waals surface area (Å²) >= 11 is 0. The number of anilines is 1. The summed E-state index contributed by atoms with van der Waals surface area (Å²) in [6.45, 7) is 9.07. The quantitative estimate of drug-likeness (QED) is 0.786. The van der Waals surface area contributed by atoms with Gasteiger partial charge < -0.3 is 10.1 Å². The Labute approximate surface area is 161 Å². The maximum Gasteiger partial charge on any atom is 0.255 e. The smallest absolute Gasteiger partial charge is 0.255 e. The molecular formula is C20H26N2O4S.